The summed E-state index contributed by atoms with van der Waals surface area (Å²) in [4.78, 5) is 23.8. The van der Waals surface area contributed by atoms with Crippen LogP contribution >= 0.6 is 0 Å². The van der Waals surface area contributed by atoms with E-state index >= 15 is 0 Å². The van der Waals surface area contributed by atoms with Crippen LogP contribution in [0.2, 0.25) is 0 Å². The summed E-state index contributed by atoms with van der Waals surface area (Å²) in [6, 6.07) is 19.8. The lowest BCUT2D eigenvalue weighted by Gasteiger charge is -2.12. The van der Waals surface area contributed by atoms with E-state index in [9.17, 15) is 18.0 Å². The summed E-state index contributed by atoms with van der Waals surface area (Å²) in [7, 11) is -2.53. The monoisotopic (exact) mass is 454 g/mol. The molecule has 0 heterocycles. The molecule has 32 heavy (non-hydrogen) atoms. The van der Waals surface area contributed by atoms with Crippen LogP contribution < -0.4 is 19.5 Å². The molecule has 166 valence electrons. The topological polar surface area (TPSA) is 111 Å². The minimum atomic E-state index is -4.12. The van der Waals surface area contributed by atoms with E-state index in [2.05, 4.69) is 5.32 Å². The smallest absolute Gasteiger partial charge is 0.266 e. The average Bonchev–Trinajstić information content (AvgIpc) is 2.77. The molecule has 0 aliphatic rings. The summed E-state index contributed by atoms with van der Waals surface area (Å²) in [5.74, 6) is -0.0287. The fourth-order valence-electron chi connectivity index (χ4n) is 2.86. The van der Waals surface area contributed by atoms with Crippen LogP contribution in [0.3, 0.4) is 0 Å². The maximum absolute atomic E-state index is 12.7. The molecule has 0 radical (unpaired) electrons. The van der Waals surface area contributed by atoms with Crippen LogP contribution in [0.1, 0.15) is 22.8 Å². The van der Waals surface area contributed by atoms with Crippen molar-refractivity contribution in [2.24, 2.45) is 0 Å². The van der Waals surface area contributed by atoms with Crippen molar-refractivity contribution in [1.82, 2.24) is 4.72 Å². The van der Waals surface area contributed by atoms with Crippen molar-refractivity contribution in [3.63, 3.8) is 0 Å². The zero-order valence-corrected chi connectivity index (χ0v) is 18.3. The first-order valence-corrected chi connectivity index (χ1v) is 11.1. The van der Waals surface area contributed by atoms with Crippen molar-refractivity contribution in [1.29, 1.82) is 0 Å². The lowest BCUT2D eigenvalue weighted by Crippen LogP contribution is -2.29. The number of anilines is 1. The third kappa shape index (κ3) is 5.86. The molecule has 0 spiro atoms. The van der Waals surface area contributed by atoms with Crippen LogP contribution in [-0.4, -0.2) is 27.3 Å². The molecule has 2 amide bonds. The molecule has 0 saturated carbocycles. The number of hydrogen-bond donors (Lipinski definition) is 2. The van der Waals surface area contributed by atoms with Gasteiger partial charge in [-0.3, -0.25) is 9.59 Å². The van der Waals surface area contributed by atoms with Gasteiger partial charge in [0.2, 0.25) is 5.91 Å². The van der Waals surface area contributed by atoms with Gasteiger partial charge < -0.3 is 14.8 Å². The van der Waals surface area contributed by atoms with Gasteiger partial charge in [-0.2, -0.15) is 0 Å². The Morgan fingerprint density at radius 3 is 2.31 bits per heavy atom. The quantitative estimate of drug-likeness (QED) is 0.540. The lowest BCUT2D eigenvalue weighted by atomic mass is 10.2. The van der Waals surface area contributed by atoms with E-state index in [1.54, 1.807) is 37.4 Å². The summed E-state index contributed by atoms with van der Waals surface area (Å²) in [6.07, 6.45) is 0. The number of hydrogen-bond acceptors (Lipinski definition) is 6. The van der Waals surface area contributed by atoms with Crippen molar-refractivity contribution in [3.05, 3.63) is 83.9 Å². The number of methoxy groups -OCH3 is 1. The first-order chi connectivity index (χ1) is 15.3. The molecule has 0 unspecified atom stereocenters. The molecule has 3 aromatic rings. The summed E-state index contributed by atoms with van der Waals surface area (Å²) in [5.41, 5.74) is 1.26. The Bertz CT molecular complexity index is 1220. The summed E-state index contributed by atoms with van der Waals surface area (Å²) in [6.45, 7) is 1.39. The Kier molecular flexibility index (Phi) is 7.11. The van der Waals surface area contributed by atoms with Crippen molar-refractivity contribution in [2.75, 3.05) is 12.4 Å². The standard InChI is InChI=1S/C23H22N2O6S/c1-16(26)25-32(28,29)22-9-4-3-8-21(22)24-23(27)18-6-5-7-20(14-18)31-15-17-10-12-19(30-2)13-11-17/h3-14H,15H2,1-2H3,(H,24,27)(H,25,26). The van der Waals surface area contributed by atoms with Gasteiger partial charge in [0.25, 0.3) is 15.9 Å². The lowest BCUT2D eigenvalue weighted by molar-refractivity contribution is -0.117. The maximum atomic E-state index is 12.7. The SMILES string of the molecule is COc1ccc(COc2cccc(C(=O)Nc3ccccc3S(=O)(=O)NC(C)=O)c2)cc1. The fraction of sp³-hybridized carbons (Fsp3) is 0.130. The van der Waals surface area contributed by atoms with E-state index in [4.69, 9.17) is 9.47 Å². The minimum Gasteiger partial charge on any atom is -0.497 e. The number of carbonyl (C=O) groups is 2. The van der Waals surface area contributed by atoms with E-state index < -0.39 is 21.8 Å². The summed E-state index contributed by atoms with van der Waals surface area (Å²) < 4.78 is 37.6. The van der Waals surface area contributed by atoms with E-state index in [0.717, 1.165) is 18.2 Å². The number of rotatable bonds is 8. The highest BCUT2D eigenvalue weighted by Gasteiger charge is 2.21. The highest BCUT2D eigenvalue weighted by molar-refractivity contribution is 7.90. The van der Waals surface area contributed by atoms with Crippen molar-refractivity contribution in [3.8, 4) is 11.5 Å². The molecule has 0 fully saturated rings. The number of nitrogens with one attached hydrogen (secondary N) is 2. The molecule has 3 rings (SSSR count). The van der Waals surface area contributed by atoms with Crippen molar-refractivity contribution < 1.29 is 27.5 Å². The normalized spacial score (nSPS) is 10.8. The number of amides is 2. The summed E-state index contributed by atoms with van der Waals surface area (Å²) in [5, 5.41) is 2.58. The third-order valence-corrected chi connectivity index (χ3v) is 5.85. The first-order valence-electron chi connectivity index (χ1n) is 9.58. The second kappa shape index (κ2) is 9.97. The van der Waals surface area contributed by atoms with Crippen LogP contribution in [0, 0.1) is 0 Å². The molecule has 0 aliphatic heterocycles. The number of benzene rings is 3. The molecule has 0 aliphatic carbocycles. The van der Waals surface area contributed by atoms with E-state index in [-0.39, 0.29) is 16.1 Å². The van der Waals surface area contributed by atoms with Crippen LogP contribution in [-0.2, 0) is 21.4 Å². The summed E-state index contributed by atoms with van der Waals surface area (Å²) >= 11 is 0. The van der Waals surface area contributed by atoms with Gasteiger partial charge in [-0.25, -0.2) is 13.1 Å². The Morgan fingerprint density at radius 2 is 1.62 bits per heavy atom. The third-order valence-electron chi connectivity index (χ3n) is 4.36. The maximum Gasteiger partial charge on any atom is 0.266 e. The van der Waals surface area contributed by atoms with Gasteiger partial charge in [0.05, 0.1) is 12.8 Å². The number of ether oxygens (including phenoxy) is 2. The minimum absolute atomic E-state index is 0.0517. The van der Waals surface area contributed by atoms with Gasteiger partial charge in [-0.05, 0) is 48.0 Å². The molecule has 2 N–H and O–H groups in total. The predicted octanol–water partition coefficient (Wildman–Crippen LogP) is 3.35. The van der Waals surface area contributed by atoms with Gasteiger partial charge in [-0.1, -0.05) is 30.3 Å². The fourth-order valence-corrected chi connectivity index (χ4v) is 4.01. The van der Waals surface area contributed by atoms with E-state index in [1.165, 1.54) is 18.2 Å². The second-order valence-electron chi connectivity index (χ2n) is 6.78. The molecule has 9 heteroatoms. The van der Waals surface area contributed by atoms with Crippen molar-refractivity contribution >= 4 is 27.5 Å². The van der Waals surface area contributed by atoms with Crippen LogP contribution in [0.4, 0.5) is 5.69 Å². The highest BCUT2D eigenvalue weighted by atomic mass is 32.2. The van der Waals surface area contributed by atoms with Crippen LogP contribution in [0.15, 0.2) is 77.7 Å². The van der Waals surface area contributed by atoms with Gasteiger partial charge >= 0.3 is 0 Å². The van der Waals surface area contributed by atoms with Gasteiger partial charge in [0, 0.05) is 12.5 Å². The molecule has 0 atom stereocenters. The Morgan fingerprint density at radius 1 is 0.906 bits per heavy atom. The number of carbonyl (C=O) groups excluding carboxylic acids is 2. The first kappa shape index (κ1) is 22.8. The van der Waals surface area contributed by atoms with Crippen LogP contribution in [0.25, 0.3) is 0 Å². The van der Waals surface area contributed by atoms with Gasteiger partial charge in [-0.15, -0.1) is 0 Å². The molecule has 0 aromatic heterocycles. The predicted molar refractivity (Wildman–Crippen MR) is 119 cm³/mol. The number of para-hydroxylation sites is 1. The van der Waals surface area contributed by atoms with Crippen LogP contribution in [0.5, 0.6) is 11.5 Å². The van der Waals surface area contributed by atoms with Gasteiger partial charge in [0.15, 0.2) is 0 Å². The Hall–Kier alpha value is -3.85. The zero-order valence-electron chi connectivity index (χ0n) is 17.5. The Labute approximate surface area is 186 Å². The van der Waals surface area contributed by atoms with Crippen molar-refractivity contribution in [2.45, 2.75) is 18.4 Å². The number of sulfonamides is 1. The average molecular weight is 455 g/mol. The zero-order chi connectivity index (χ0) is 23.1. The molecule has 8 nitrogen and oxygen atoms in total. The Balaban J connectivity index is 1.73. The molecule has 0 saturated heterocycles. The second-order valence-corrected chi connectivity index (χ2v) is 8.43. The molecular weight excluding hydrogens is 432 g/mol. The molecular formula is C23H22N2O6S. The largest absolute Gasteiger partial charge is 0.497 e. The molecule has 3 aromatic carbocycles. The highest BCUT2D eigenvalue weighted by Crippen LogP contribution is 2.23. The van der Waals surface area contributed by atoms with E-state index in [1.807, 2.05) is 29.0 Å². The van der Waals surface area contributed by atoms with Gasteiger partial charge in [0.1, 0.15) is 23.0 Å². The van der Waals surface area contributed by atoms with E-state index in [0.29, 0.717) is 12.4 Å². The molecule has 0 bridgehead atoms.